The van der Waals surface area contributed by atoms with E-state index in [1.54, 1.807) is 7.11 Å². The number of methoxy groups -OCH3 is 1. The molecule has 0 radical (unpaired) electrons. The van der Waals surface area contributed by atoms with E-state index in [2.05, 4.69) is 23.5 Å². The molecule has 1 saturated heterocycles. The molecule has 80 valence electrons. The second-order valence-corrected chi connectivity index (χ2v) is 4.55. The summed E-state index contributed by atoms with van der Waals surface area (Å²) in [7, 11) is 1.77. The van der Waals surface area contributed by atoms with E-state index in [0.29, 0.717) is 6.04 Å². The Morgan fingerprint density at radius 3 is 3.13 bits per heavy atom. The molecule has 2 heteroatoms. The van der Waals surface area contributed by atoms with Gasteiger partial charge in [0.05, 0.1) is 7.11 Å². The summed E-state index contributed by atoms with van der Waals surface area (Å²) in [5.74, 6) is 1.92. The summed E-state index contributed by atoms with van der Waals surface area (Å²) in [6.45, 7) is 1.17. The lowest BCUT2D eigenvalue weighted by Crippen LogP contribution is -2.23. The molecule has 2 unspecified atom stereocenters. The molecule has 2 atom stereocenters. The van der Waals surface area contributed by atoms with E-state index in [9.17, 15) is 0 Å². The predicted octanol–water partition coefficient (Wildman–Crippen LogP) is 2.29. The molecule has 3 rings (SSSR count). The first-order valence-electron chi connectivity index (χ1n) is 5.79. The Balaban J connectivity index is 2.07. The van der Waals surface area contributed by atoms with Gasteiger partial charge in [0.25, 0.3) is 0 Å². The molecule has 1 N–H and O–H groups in total. The summed E-state index contributed by atoms with van der Waals surface area (Å²) in [5, 5.41) is 3.61. The van der Waals surface area contributed by atoms with Crippen LogP contribution in [-0.2, 0) is 6.42 Å². The van der Waals surface area contributed by atoms with Crippen LogP contribution < -0.4 is 10.1 Å². The van der Waals surface area contributed by atoms with Crippen LogP contribution in [0.2, 0.25) is 0 Å². The third kappa shape index (κ3) is 1.36. The van der Waals surface area contributed by atoms with Crippen molar-refractivity contribution in [3.63, 3.8) is 0 Å². The fourth-order valence-electron chi connectivity index (χ4n) is 3.09. The Hall–Kier alpha value is -1.02. The maximum atomic E-state index is 5.43. The second-order valence-electron chi connectivity index (χ2n) is 4.55. The molecule has 15 heavy (non-hydrogen) atoms. The SMILES string of the molecule is COc1cccc2c1CCC1CCNC21. The van der Waals surface area contributed by atoms with Crippen LogP contribution in [0.25, 0.3) is 0 Å². The quantitative estimate of drug-likeness (QED) is 0.756. The van der Waals surface area contributed by atoms with E-state index in [4.69, 9.17) is 4.74 Å². The van der Waals surface area contributed by atoms with Crippen molar-refractivity contribution in [3.05, 3.63) is 29.3 Å². The van der Waals surface area contributed by atoms with Gasteiger partial charge in [-0.05, 0) is 48.9 Å². The average molecular weight is 203 g/mol. The first kappa shape index (κ1) is 9.22. The Morgan fingerprint density at radius 2 is 2.27 bits per heavy atom. The minimum absolute atomic E-state index is 0.587. The number of ether oxygens (including phenoxy) is 1. The zero-order valence-corrected chi connectivity index (χ0v) is 9.12. The number of hydrogen-bond donors (Lipinski definition) is 1. The fraction of sp³-hybridized carbons (Fsp3) is 0.538. The average Bonchev–Trinajstić information content (AvgIpc) is 2.76. The smallest absolute Gasteiger partial charge is 0.122 e. The van der Waals surface area contributed by atoms with E-state index in [0.717, 1.165) is 11.7 Å². The van der Waals surface area contributed by atoms with Crippen LogP contribution in [-0.4, -0.2) is 13.7 Å². The van der Waals surface area contributed by atoms with Gasteiger partial charge in [-0.1, -0.05) is 12.1 Å². The molecular weight excluding hydrogens is 186 g/mol. The van der Waals surface area contributed by atoms with Crippen LogP contribution in [0.3, 0.4) is 0 Å². The van der Waals surface area contributed by atoms with Crippen molar-refractivity contribution in [3.8, 4) is 5.75 Å². The van der Waals surface area contributed by atoms with Crippen molar-refractivity contribution in [1.82, 2.24) is 5.32 Å². The number of benzene rings is 1. The lowest BCUT2D eigenvalue weighted by Gasteiger charge is -2.29. The lowest BCUT2D eigenvalue weighted by molar-refractivity contribution is 0.376. The zero-order valence-electron chi connectivity index (χ0n) is 9.12. The standard InChI is InChI=1S/C13H17NO/c1-15-12-4-2-3-11-10(12)6-5-9-7-8-14-13(9)11/h2-4,9,13-14H,5-8H2,1H3. The molecule has 1 aromatic carbocycles. The van der Waals surface area contributed by atoms with E-state index in [-0.39, 0.29) is 0 Å². The van der Waals surface area contributed by atoms with E-state index in [1.807, 2.05) is 0 Å². The van der Waals surface area contributed by atoms with Gasteiger partial charge >= 0.3 is 0 Å². The normalized spacial score (nSPS) is 28.3. The fourth-order valence-corrected chi connectivity index (χ4v) is 3.09. The molecule has 0 bridgehead atoms. The number of nitrogens with one attached hydrogen (secondary N) is 1. The van der Waals surface area contributed by atoms with Crippen molar-refractivity contribution < 1.29 is 4.74 Å². The highest BCUT2D eigenvalue weighted by molar-refractivity contribution is 5.44. The van der Waals surface area contributed by atoms with Crippen molar-refractivity contribution in [2.45, 2.75) is 25.3 Å². The molecule has 2 aliphatic rings. The largest absolute Gasteiger partial charge is 0.496 e. The third-order valence-corrected chi connectivity index (χ3v) is 3.84. The summed E-state index contributed by atoms with van der Waals surface area (Å²) in [6, 6.07) is 7.03. The summed E-state index contributed by atoms with van der Waals surface area (Å²) in [6.07, 6.45) is 3.83. The van der Waals surface area contributed by atoms with Crippen LogP contribution in [0.1, 0.15) is 30.0 Å². The highest BCUT2D eigenvalue weighted by Gasteiger charge is 2.33. The monoisotopic (exact) mass is 203 g/mol. The van der Waals surface area contributed by atoms with Crippen molar-refractivity contribution in [2.75, 3.05) is 13.7 Å². The minimum atomic E-state index is 0.587. The summed E-state index contributed by atoms with van der Waals surface area (Å²) < 4.78 is 5.43. The van der Waals surface area contributed by atoms with Gasteiger partial charge in [0.2, 0.25) is 0 Å². The molecular formula is C13H17NO. The molecule has 1 aromatic rings. The van der Waals surface area contributed by atoms with E-state index in [1.165, 1.54) is 36.9 Å². The molecule has 0 saturated carbocycles. The van der Waals surface area contributed by atoms with Crippen LogP contribution in [0.4, 0.5) is 0 Å². The highest BCUT2D eigenvalue weighted by atomic mass is 16.5. The molecule has 0 aromatic heterocycles. The van der Waals surface area contributed by atoms with Gasteiger partial charge in [-0.2, -0.15) is 0 Å². The Kier molecular flexibility index (Phi) is 2.17. The predicted molar refractivity (Wildman–Crippen MR) is 60.2 cm³/mol. The summed E-state index contributed by atoms with van der Waals surface area (Å²) in [5.41, 5.74) is 2.90. The van der Waals surface area contributed by atoms with Crippen molar-refractivity contribution >= 4 is 0 Å². The van der Waals surface area contributed by atoms with Crippen molar-refractivity contribution in [1.29, 1.82) is 0 Å². The Bertz CT molecular complexity index is 375. The van der Waals surface area contributed by atoms with Crippen LogP contribution in [0.5, 0.6) is 5.75 Å². The van der Waals surface area contributed by atoms with Gasteiger partial charge in [0.15, 0.2) is 0 Å². The lowest BCUT2D eigenvalue weighted by atomic mass is 9.80. The first-order valence-corrected chi connectivity index (χ1v) is 5.79. The zero-order chi connectivity index (χ0) is 10.3. The van der Waals surface area contributed by atoms with Crippen molar-refractivity contribution in [2.24, 2.45) is 5.92 Å². The molecule has 2 nitrogen and oxygen atoms in total. The third-order valence-electron chi connectivity index (χ3n) is 3.84. The van der Waals surface area contributed by atoms with Gasteiger partial charge in [-0.25, -0.2) is 0 Å². The summed E-state index contributed by atoms with van der Waals surface area (Å²) >= 11 is 0. The topological polar surface area (TPSA) is 21.3 Å². The molecule has 1 fully saturated rings. The Labute approximate surface area is 90.6 Å². The van der Waals surface area contributed by atoms with Gasteiger partial charge in [-0.3, -0.25) is 0 Å². The second kappa shape index (κ2) is 3.53. The molecule has 1 heterocycles. The molecule has 0 spiro atoms. The Morgan fingerprint density at radius 1 is 1.33 bits per heavy atom. The molecule has 0 amide bonds. The number of hydrogen-bond acceptors (Lipinski definition) is 2. The van der Waals surface area contributed by atoms with Crippen LogP contribution in [0, 0.1) is 5.92 Å². The van der Waals surface area contributed by atoms with E-state index >= 15 is 0 Å². The maximum Gasteiger partial charge on any atom is 0.122 e. The summed E-state index contributed by atoms with van der Waals surface area (Å²) in [4.78, 5) is 0. The van der Waals surface area contributed by atoms with Crippen LogP contribution >= 0.6 is 0 Å². The number of rotatable bonds is 1. The first-order chi connectivity index (χ1) is 7.40. The van der Waals surface area contributed by atoms with Gasteiger partial charge < -0.3 is 10.1 Å². The van der Waals surface area contributed by atoms with E-state index < -0.39 is 0 Å². The number of fused-ring (bicyclic) bond motifs is 3. The van der Waals surface area contributed by atoms with Crippen LogP contribution in [0.15, 0.2) is 18.2 Å². The minimum Gasteiger partial charge on any atom is -0.496 e. The van der Waals surface area contributed by atoms with Gasteiger partial charge in [-0.15, -0.1) is 0 Å². The highest BCUT2D eigenvalue weighted by Crippen LogP contribution is 2.42. The molecule has 1 aliphatic carbocycles. The van der Waals surface area contributed by atoms with Gasteiger partial charge in [0, 0.05) is 6.04 Å². The molecule has 1 aliphatic heterocycles. The maximum absolute atomic E-state index is 5.43. The van der Waals surface area contributed by atoms with Gasteiger partial charge in [0.1, 0.15) is 5.75 Å².